The summed E-state index contributed by atoms with van der Waals surface area (Å²) in [4.78, 5) is -4.06. The number of benzene rings is 1. The quantitative estimate of drug-likeness (QED) is 0.333. The molecule has 12 heteroatoms. The topological polar surface area (TPSA) is 163 Å². The second kappa shape index (κ2) is 9.63. The van der Waals surface area contributed by atoms with E-state index in [1.54, 1.807) is 0 Å². The Bertz CT molecular complexity index is 994. The first-order chi connectivity index (χ1) is 12.7. The highest BCUT2D eigenvalue weighted by Crippen LogP contribution is 2.38. The van der Waals surface area contributed by atoms with Crippen LogP contribution in [0.2, 0.25) is 0 Å². The van der Waals surface area contributed by atoms with Gasteiger partial charge in [0, 0.05) is 0 Å². The minimum absolute atomic E-state index is 0.110. The summed E-state index contributed by atoms with van der Waals surface area (Å²) in [7, 11) is -15.8. The summed E-state index contributed by atoms with van der Waals surface area (Å²) in [5.74, 6) is -0.491. The Morgan fingerprint density at radius 3 is 1.71 bits per heavy atom. The maximum Gasteiger partial charge on any atom is 0.297 e. The van der Waals surface area contributed by atoms with Crippen LogP contribution in [0.4, 0.5) is 0 Å². The van der Waals surface area contributed by atoms with Crippen LogP contribution in [-0.4, -0.2) is 38.9 Å². The van der Waals surface area contributed by atoms with Gasteiger partial charge >= 0.3 is 0 Å². The molecule has 1 atom stereocenters. The van der Waals surface area contributed by atoms with Gasteiger partial charge in [-0.25, -0.2) is 0 Å². The Balaban J connectivity index is 3.80. The van der Waals surface area contributed by atoms with Crippen LogP contribution in [0.3, 0.4) is 0 Å². The van der Waals surface area contributed by atoms with E-state index in [1.165, 1.54) is 0 Å². The first kappa shape index (κ1) is 25.0. The molecule has 0 aliphatic rings. The SMILES string of the molecule is CCCCCCC(CCC)c1ccc(S(=O)(=O)O)c(S(=O)(=O)O)c1S(=O)(=O)O. The van der Waals surface area contributed by atoms with Crippen LogP contribution in [0.1, 0.15) is 70.3 Å². The van der Waals surface area contributed by atoms with Crippen molar-refractivity contribution in [1.82, 2.24) is 0 Å². The lowest BCUT2D eigenvalue weighted by atomic mass is 9.89. The van der Waals surface area contributed by atoms with Gasteiger partial charge in [0.15, 0.2) is 0 Å². The van der Waals surface area contributed by atoms with E-state index in [-0.39, 0.29) is 5.56 Å². The van der Waals surface area contributed by atoms with Gasteiger partial charge in [-0.1, -0.05) is 52.0 Å². The summed E-state index contributed by atoms with van der Waals surface area (Å²) >= 11 is 0. The molecule has 0 aliphatic carbocycles. The molecule has 3 N–H and O–H groups in total. The van der Waals surface area contributed by atoms with E-state index in [1.807, 2.05) is 13.8 Å². The van der Waals surface area contributed by atoms with Crippen LogP contribution in [0.15, 0.2) is 26.8 Å². The van der Waals surface area contributed by atoms with E-state index < -0.39 is 51.0 Å². The summed E-state index contributed by atoms with van der Waals surface area (Å²) in [6.07, 6.45) is 5.06. The fraction of sp³-hybridized carbons (Fsp3) is 0.625. The maximum absolute atomic E-state index is 12.0. The van der Waals surface area contributed by atoms with Crippen molar-refractivity contribution >= 4 is 30.4 Å². The van der Waals surface area contributed by atoms with Crippen molar-refractivity contribution in [3.63, 3.8) is 0 Å². The van der Waals surface area contributed by atoms with Crippen LogP contribution in [0.25, 0.3) is 0 Å². The molecule has 0 aromatic heterocycles. The molecule has 1 unspecified atom stereocenters. The van der Waals surface area contributed by atoms with E-state index in [9.17, 15) is 38.9 Å². The van der Waals surface area contributed by atoms with Gasteiger partial charge in [-0.3, -0.25) is 13.7 Å². The minimum atomic E-state index is -5.41. The standard InChI is InChI=1S/C16H26O9S3/c1-3-5-6-7-9-12(8-4-2)13-10-11-14(26(17,18)19)16(28(23,24)25)15(13)27(20,21)22/h10-12H,3-9H2,1-2H3,(H,17,18,19)(H,20,21,22)(H,23,24,25). The third-order valence-electron chi connectivity index (χ3n) is 4.38. The van der Waals surface area contributed by atoms with Crippen molar-refractivity contribution < 1.29 is 38.9 Å². The Kier molecular flexibility index (Phi) is 8.60. The average Bonchev–Trinajstić information content (AvgIpc) is 2.54. The molecular formula is C16H26O9S3. The summed E-state index contributed by atoms with van der Waals surface area (Å²) in [6, 6.07) is 1.78. The largest absolute Gasteiger partial charge is 0.297 e. The molecule has 9 nitrogen and oxygen atoms in total. The molecule has 0 heterocycles. The molecule has 0 aliphatic heterocycles. The molecule has 0 fully saturated rings. The van der Waals surface area contributed by atoms with E-state index in [4.69, 9.17) is 0 Å². The van der Waals surface area contributed by atoms with Gasteiger partial charge in [-0.05, 0) is 30.4 Å². The Hall–Kier alpha value is -1.05. The van der Waals surface area contributed by atoms with Crippen molar-refractivity contribution in [2.45, 2.75) is 79.4 Å². The monoisotopic (exact) mass is 458 g/mol. The predicted octanol–water partition coefficient (Wildman–Crippen LogP) is 3.28. The third-order valence-corrected chi connectivity index (χ3v) is 7.43. The fourth-order valence-corrected chi connectivity index (χ4v) is 6.67. The van der Waals surface area contributed by atoms with Crippen molar-refractivity contribution in [2.24, 2.45) is 0 Å². The molecule has 0 spiro atoms. The maximum atomic E-state index is 12.0. The van der Waals surface area contributed by atoms with Gasteiger partial charge in [0.25, 0.3) is 30.4 Å². The van der Waals surface area contributed by atoms with Crippen LogP contribution < -0.4 is 0 Å². The highest BCUT2D eigenvalue weighted by molar-refractivity contribution is 7.90. The fourth-order valence-electron chi connectivity index (χ4n) is 3.22. The average molecular weight is 459 g/mol. The molecule has 0 radical (unpaired) electrons. The summed E-state index contributed by atoms with van der Waals surface area (Å²) in [6.45, 7) is 3.86. The number of hydrogen-bond donors (Lipinski definition) is 3. The zero-order valence-electron chi connectivity index (χ0n) is 15.7. The van der Waals surface area contributed by atoms with Crippen LogP contribution in [0.5, 0.6) is 0 Å². The molecule has 1 rings (SSSR count). The second-order valence-corrected chi connectivity index (χ2v) is 10.7. The highest BCUT2D eigenvalue weighted by Gasteiger charge is 2.36. The second-order valence-electron chi connectivity index (χ2n) is 6.57. The summed E-state index contributed by atoms with van der Waals surface area (Å²) in [5.41, 5.74) is -0.110. The molecule has 28 heavy (non-hydrogen) atoms. The first-order valence-corrected chi connectivity index (χ1v) is 13.2. The summed E-state index contributed by atoms with van der Waals surface area (Å²) in [5, 5.41) is 0. The first-order valence-electron chi connectivity index (χ1n) is 8.84. The highest BCUT2D eigenvalue weighted by atomic mass is 32.2. The van der Waals surface area contributed by atoms with Crippen LogP contribution in [-0.2, 0) is 30.4 Å². The molecule has 1 aromatic rings. The zero-order chi connectivity index (χ0) is 21.8. The lowest BCUT2D eigenvalue weighted by Crippen LogP contribution is -2.18. The van der Waals surface area contributed by atoms with E-state index >= 15 is 0 Å². The van der Waals surface area contributed by atoms with Crippen LogP contribution in [0, 0.1) is 0 Å². The van der Waals surface area contributed by atoms with Crippen molar-refractivity contribution in [1.29, 1.82) is 0 Å². The Morgan fingerprint density at radius 1 is 0.714 bits per heavy atom. The Morgan fingerprint density at radius 2 is 1.29 bits per heavy atom. The molecule has 0 saturated heterocycles. The van der Waals surface area contributed by atoms with Crippen molar-refractivity contribution in [2.75, 3.05) is 0 Å². The van der Waals surface area contributed by atoms with Crippen molar-refractivity contribution in [3.8, 4) is 0 Å². The number of hydrogen-bond acceptors (Lipinski definition) is 6. The smallest absolute Gasteiger partial charge is 0.282 e. The molecule has 1 aromatic carbocycles. The Labute approximate surface area is 166 Å². The van der Waals surface area contributed by atoms with Gasteiger partial charge in [-0.2, -0.15) is 25.3 Å². The van der Waals surface area contributed by atoms with Gasteiger partial charge in [0.1, 0.15) is 14.7 Å². The van der Waals surface area contributed by atoms with Gasteiger partial charge in [-0.15, -0.1) is 0 Å². The number of unbranched alkanes of at least 4 members (excludes halogenated alkanes) is 3. The summed E-state index contributed by atoms with van der Waals surface area (Å²) < 4.78 is 99.1. The molecule has 0 amide bonds. The van der Waals surface area contributed by atoms with Gasteiger partial charge in [0.05, 0.1) is 0 Å². The third kappa shape index (κ3) is 6.49. The van der Waals surface area contributed by atoms with Gasteiger partial charge in [0.2, 0.25) is 0 Å². The zero-order valence-corrected chi connectivity index (χ0v) is 18.1. The number of rotatable bonds is 11. The molecule has 0 bridgehead atoms. The lowest BCUT2D eigenvalue weighted by Gasteiger charge is -2.21. The lowest BCUT2D eigenvalue weighted by molar-refractivity contribution is 0.449. The molecular weight excluding hydrogens is 432 g/mol. The van der Waals surface area contributed by atoms with E-state index in [0.29, 0.717) is 25.7 Å². The van der Waals surface area contributed by atoms with E-state index in [0.717, 1.165) is 31.4 Å². The molecule has 162 valence electrons. The van der Waals surface area contributed by atoms with Crippen molar-refractivity contribution in [3.05, 3.63) is 17.7 Å². The van der Waals surface area contributed by atoms with Crippen LogP contribution >= 0.6 is 0 Å². The molecule has 0 saturated carbocycles. The minimum Gasteiger partial charge on any atom is -0.282 e. The van der Waals surface area contributed by atoms with Gasteiger partial charge < -0.3 is 0 Å². The predicted molar refractivity (Wildman–Crippen MR) is 102 cm³/mol. The normalized spacial score (nSPS) is 14.2. The van der Waals surface area contributed by atoms with E-state index in [2.05, 4.69) is 0 Å².